The molecule has 0 heterocycles. The van der Waals surface area contributed by atoms with E-state index >= 15 is 0 Å². The molecule has 0 aliphatic heterocycles. The van der Waals surface area contributed by atoms with Crippen LogP contribution >= 0.6 is 0 Å². The summed E-state index contributed by atoms with van der Waals surface area (Å²) in [5.74, 6) is 0.773. The third kappa shape index (κ3) is 5.64. The Hall–Kier alpha value is -3.02. The summed E-state index contributed by atoms with van der Waals surface area (Å²) >= 11 is 0. The number of ether oxygens (including phenoxy) is 1. The fraction of sp³-hybridized carbons (Fsp3) is 0.222. The third-order valence-electron chi connectivity index (χ3n) is 3.49. The minimum absolute atomic E-state index is 0.0165. The Balaban J connectivity index is 1.77. The third-order valence-corrected chi connectivity index (χ3v) is 3.49. The van der Waals surface area contributed by atoms with Crippen molar-refractivity contribution in [3.63, 3.8) is 0 Å². The Morgan fingerprint density at radius 2 is 1.83 bits per heavy atom. The molecular formula is C18H21N3O3. The van der Waals surface area contributed by atoms with Gasteiger partial charge in [0.2, 0.25) is 5.91 Å². The summed E-state index contributed by atoms with van der Waals surface area (Å²) in [4.78, 5) is 22.7. The van der Waals surface area contributed by atoms with Crippen LogP contribution in [0.3, 0.4) is 0 Å². The Kier molecular flexibility index (Phi) is 6.19. The van der Waals surface area contributed by atoms with Crippen LogP contribution in [-0.2, 0) is 17.8 Å². The second-order valence-corrected chi connectivity index (χ2v) is 5.31. The van der Waals surface area contributed by atoms with E-state index in [-0.39, 0.29) is 5.91 Å². The van der Waals surface area contributed by atoms with Crippen molar-refractivity contribution in [2.24, 2.45) is 5.73 Å². The molecule has 0 radical (unpaired) electrons. The Labute approximate surface area is 141 Å². The van der Waals surface area contributed by atoms with Crippen molar-refractivity contribution in [1.29, 1.82) is 0 Å². The van der Waals surface area contributed by atoms with Crippen LogP contribution in [0.15, 0.2) is 48.5 Å². The molecule has 126 valence electrons. The molecular weight excluding hydrogens is 306 g/mol. The highest BCUT2D eigenvalue weighted by molar-refractivity contribution is 5.87. The summed E-state index contributed by atoms with van der Waals surface area (Å²) in [6.45, 7) is 0.438. The first-order valence-electron chi connectivity index (χ1n) is 7.62. The predicted octanol–water partition coefficient (Wildman–Crippen LogP) is 2.43. The fourth-order valence-electron chi connectivity index (χ4n) is 2.22. The molecule has 6 nitrogen and oxygen atoms in total. The van der Waals surface area contributed by atoms with Crippen molar-refractivity contribution in [1.82, 2.24) is 5.32 Å². The van der Waals surface area contributed by atoms with Crippen molar-refractivity contribution in [2.45, 2.75) is 19.4 Å². The lowest BCUT2D eigenvalue weighted by molar-refractivity contribution is -0.121. The number of carbonyl (C=O) groups excluding carboxylic acids is 2. The Morgan fingerprint density at radius 1 is 1.08 bits per heavy atom. The molecule has 0 fully saturated rings. The molecule has 0 saturated carbocycles. The van der Waals surface area contributed by atoms with Crippen molar-refractivity contribution < 1.29 is 14.3 Å². The lowest BCUT2D eigenvalue weighted by Crippen LogP contribution is -2.23. The van der Waals surface area contributed by atoms with Gasteiger partial charge in [-0.05, 0) is 41.8 Å². The van der Waals surface area contributed by atoms with Gasteiger partial charge in [-0.3, -0.25) is 4.79 Å². The zero-order chi connectivity index (χ0) is 17.4. The van der Waals surface area contributed by atoms with Gasteiger partial charge < -0.3 is 21.1 Å². The van der Waals surface area contributed by atoms with Gasteiger partial charge in [0.15, 0.2) is 0 Å². The number of primary amides is 1. The highest BCUT2D eigenvalue weighted by Crippen LogP contribution is 2.14. The number of nitrogens with one attached hydrogen (secondary N) is 2. The topological polar surface area (TPSA) is 93.4 Å². The summed E-state index contributed by atoms with van der Waals surface area (Å²) in [6, 6.07) is 14.2. The van der Waals surface area contributed by atoms with Crippen molar-refractivity contribution in [2.75, 3.05) is 12.4 Å². The summed E-state index contributed by atoms with van der Waals surface area (Å²) < 4.78 is 5.17. The monoisotopic (exact) mass is 327 g/mol. The van der Waals surface area contributed by atoms with E-state index in [1.54, 1.807) is 19.2 Å². The van der Waals surface area contributed by atoms with Gasteiger partial charge in [-0.25, -0.2) is 4.79 Å². The maximum absolute atomic E-state index is 11.9. The lowest BCUT2D eigenvalue weighted by atomic mass is 10.1. The molecule has 0 spiro atoms. The second-order valence-electron chi connectivity index (χ2n) is 5.31. The van der Waals surface area contributed by atoms with Gasteiger partial charge in [0.1, 0.15) is 5.75 Å². The first kappa shape index (κ1) is 17.3. The van der Waals surface area contributed by atoms with Crippen LogP contribution in [-0.4, -0.2) is 19.0 Å². The van der Waals surface area contributed by atoms with Gasteiger partial charge >= 0.3 is 6.03 Å². The van der Waals surface area contributed by atoms with Crippen molar-refractivity contribution >= 4 is 17.6 Å². The highest BCUT2D eigenvalue weighted by Gasteiger charge is 2.04. The number of hydrogen-bond donors (Lipinski definition) is 3. The van der Waals surface area contributed by atoms with Gasteiger partial charge in [-0.15, -0.1) is 0 Å². The summed E-state index contributed by atoms with van der Waals surface area (Å²) in [5, 5.41) is 5.36. The number of aryl methyl sites for hydroxylation is 1. The van der Waals surface area contributed by atoms with Crippen LogP contribution in [0.4, 0.5) is 10.5 Å². The largest absolute Gasteiger partial charge is 0.497 e. The summed E-state index contributed by atoms with van der Waals surface area (Å²) in [6.07, 6.45) is 1.07. The van der Waals surface area contributed by atoms with E-state index in [9.17, 15) is 9.59 Å². The zero-order valence-corrected chi connectivity index (χ0v) is 13.5. The fourth-order valence-corrected chi connectivity index (χ4v) is 2.22. The molecule has 0 atom stereocenters. The van der Waals surface area contributed by atoms with E-state index in [4.69, 9.17) is 10.5 Å². The smallest absolute Gasteiger partial charge is 0.316 e. The normalized spacial score (nSPS) is 10.0. The molecule has 2 aromatic carbocycles. The average Bonchev–Trinajstić information content (AvgIpc) is 2.59. The maximum atomic E-state index is 11.9. The van der Waals surface area contributed by atoms with Crippen molar-refractivity contribution in [3.8, 4) is 5.75 Å². The number of benzene rings is 2. The molecule has 0 saturated heterocycles. The first-order valence-corrected chi connectivity index (χ1v) is 7.62. The molecule has 0 aromatic heterocycles. The molecule has 0 aliphatic rings. The van der Waals surface area contributed by atoms with Gasteiger partial charge in [0.25, 0.3) is 0 Å². The Morgan fingerprint density at radius 3 is 2.50 bits per heavy atom. The average molecular weight is 327 g/mol. The standard InChI is InChI=1S/C18H21N3O3/c1-24-16-4-2-3-13(11-16)7-10-17(22)20-12-14-5-8-15(9-6-14)21-18(19)23/h2-6,8-9,11H,7,10,12H2,1H3,(H,20,22)(H3,19,21,23). The molecule has 24 heavy (non-hydrogen) atoms. The number of methoxy groups -OCH3 is 1. The number of hydrogen-bond acceptors (Lipinski definition) is 3. The second kappa shape index (κ2) is 8.57. The van der Waals surface area contributed by atoms with E-state index in [1.807, 2.05) is 36.4 Å². The Bertz CT molecular complexity index is 699. The van der Waals surface area contributed by atoms with Gasteiger partial charge in [0.05, 0.1) is 7.11 Å². The molecule has 6 heteroatoms. The predicted molar refractivity (Wildman–Crippen MR) is 92.8 cm³/mol. The maximum Gasteiger partial charge on any atom is 0.316 e. The molecule has 0 unspecified atom stereocenters. The van der Waals surface area contributed by atoms with Gasteiger partial charge in [-0.1, -0.05) is 24.3 Å². The van der Waals surface area contributed by atoms with Crippen LogP contribution in [0.5, 0.6) is 5.75 Å². The lowest BCUT2D eigenvalue weighted by Gasteiger charge is -2.07. The van der Waals surface area contributed by atoms with Gasteiger partial charge in [0, 0.05) is 18.7 Å². The minimum Gasteiger partial charge on any atom is -0.497 e. The van der Waals surface area contributed by atoms with E-state index < -0.39 is 6.03 Å². The van der Waals surface area contributed by atoms with Crippen LogP contribution in [0.2, 0.25) is 0 Å². The minimum atomic E-state index is -0.603. The number of anilines is 1. The van der Waals surface area contributed by atoms with E-state index in [2.05, 4.69) is 10.6 Å². The van der Waals surface area contributed by atoms with E-state index in [0.717, 1.165) is 16.9 Å². The molecule has 4 N–H and O–H groups in total. The van der Waals surface area contributed by atoms with Gasteiger partial charge in [-0.2, -0.15) is 0 Å². The summed E-state index contributed by atoms with van der Waals surface area (Å²) in [7, 11) is 1.62. The molecule has 3 amide bonds. The number of urea groups is 1. The summed E-state index contributed by atoms with van der Waals surface area (Å²) in [5.41, 5.74) is 7.67. The number of nitrogens with two attached hydrogens (primary N) is 1. The number of carbonyl (C=O) groups is 2. The molecule has 0 aliphatic carbocycles. The molecule has 2 rings (SSSR count). The van der Waals surface area contributed by atoms with Crippen molar-refractivity contribution in [3.05, 3.63) is 59.7 Å². The number of amides is 3. The molecule has 0 bridgehead atoms. The SMILES string of the molecule is COc1cccc(CCC(=O)NCc2ccc(NC(N)=O)cc2)c1. The quantitative estimate of drug-likeness (QED) is 0.729. The van der Waals surface area contributed by atoms with Crippen LogP contribution in [0.1, 0.15) is 17.5 Å². The van der Waals surface area contributed by atoms with E-state index in [1.165, 1.54) is 0 Å². The van der Waals surface area contributed by atoms with Crippen LogP contribution in [0, 0.1) is 0 Å². The van der Waals surface area contributed by atoms with Crippen LogP contribution in [0.25, 0.3) is 0 Å². The van der Waals surface area contributed by atoms with E-state index in [0.29, 0.717) is 25.1 Å². The van der Waals surface area contributed by atoms with Crippen LogP contribution < -0.4 is 21.1 Å². The molecule has 2 aromatic rings. The number of rotatable bonds is 7. The zero-order valence-electron chi connectivity index (χ0n) is 13.5. The first-order chi connectivity index (χ1) is 11.6. The highest BCUT2D eigenvalue weighted by atomic mass is 16.5.